The van der Waals surface area contributed by atoms with E-state index in [0.717, 1.165) is 11.1 Å². The predicted octanol–water partition coefficient (Wildman–Crippen LogP) is 2.47. The van der Waals surface area contributed by atoms with E-state index in [2.05, 4.69) is 23.3 Å². The normalized spacial score (nSPS) is 17.6. The number of hydrogen-bond acceptors (Lipinski definition) is 3. The number of benzene rings is 1. The summed E-state index contributed by atoms with van der Waals surface area (Å²) in [6.07, 6.45) is 5.90. The molecule has 82 valence electrons. The first-order chi connectivity index (χ1) is 8.40. The summed E-state index contributed by atoms with van der Waals surface area (Å²) in [5, 5.41) is 9.23. The third kappa shape index (κ3) is 1.55. The van der Waals surface area contributed by atoms with Crippen LogP contribution in [0.15, 0.2) is 48.8 Å². The highest BCUT2D eigenvalue weighted by Gasteiger charge is 2.30. The second kappa shape index (κ2) is 3.91. The zero-order chi connectivity index (χ0) is 11.7. The molecule has 1 unspecified atom stereocenters. The summed E-state index contributed by atoms with van der Waals surface area (Å²) < 4.78 is 0. The molecule has 1 atom stereocenters. The first-order valence-corrected chi connectivity index (χ1v) is 5.54. The summed E-state index contributed by atoms with van der Waals surface area (Å²) in [6.45, 7) is 0.652. The SMILES string of the molecule is N#CN1Cc2cnccc2C1c1ccccc1. The van der Waals surface area contributed by atoms with Crippen LogP contribution in [-0.2, 0) is 6.54 Å². The fraction of sp³-hybridized carbons (Fsp3) is 0.143. The molecule has 2 heterocycles. The van der Waals surface area contributed by atoms with Crippen molar-refractivity contribution in [3.63, 3.8) is 0 Å². The predicted molar refractivity (Wildman–Crippen MR) is 63.7 cm³/mol. The van der Waals surface area contributed by atoms with Crippen molar-refractivity contribution in [3.8, 4) is 6.19 Å². The van der Waals surface area contributed by atoms with Crippen molar-refractivity contribution in [2.45, 2.75) is 12.6 Å². The average Bonchev–Trinajstić information content (AvgIpc) is 2.78. The lowest BCUT2D eigenvalue weighted by atomic mass is 9.99. The van der Waals surface area contributed by atoms with E-state index in [0.29, 0.717) is 6.54 Å². The van der Waals surface area contributed by atoms with E-state index in [4.69, 9.17) is 0 Å². The van der Waals surface area contributed by atoms with Gasteiger partial charge in [0, 0.05) is 12.4 Å². The van der Waals surface area contributed by atoms with Crippen molar-refractivity contribution in [3.05, 3.63) is 65.5 Å². The molecule has 0 spiro atoms. The first-order valence-electron chi connectivity index (χ1n) is 5.54. The van der Waals surface area contributed by atoms with Crippen LogP contribution in [0.1, 0.15) is 22.7 Å². The molecule has 1 aliphatic heterocycles. The number of hydrogen-bond donors (Lipinski definition) is 0. The van der Waals surface area contributed by atoms with Gasteiger partial charge in [-0.2, -0.15) is 5.26 Å². The lowest BCUT2D eigenvalue weighted by Crippen LogP contribution is -2.16. The third-order valence-corrected chi connectivity index (χ3v) is 3.13. The minimum Gasteiger partial charge on any atom is -0.294 e. The zero-order valence-electron chi connectivity index (χ0n) is 9.24. The lowest BCUT2D eigenvalue weighted by Gasteiger charge is -2.19. The quantitative estimate of drug-likeness (QED) is 0.694. The minimum absolute atomic E-state index is 0.0409. The van der Waals surface area contributed by atoms with Gasteiger partial charge in [-0.15, -0.1) is 0 Å². The summed E-state index contributed by atoms with van der Waals surface area (Å²) >= 11 is 0. The van der Waals surface area contributed by atoms with E-state index in [1.54, 1.807) is 11.1 Å². The maximum atomic E-state index is 9.23. The Labute approximate surface area is 99.9 Å². The van der Waals surface area contributed by atoms with Gasteiger partial charge in [0.1, 0.15) is 0 Å². The molecule has 1 aromatic carbocycles. The molecule has 2 aromatic rings. The van der Waals surface area contributed by atoms with Crippen molar-refractivity contribution in [2.24, 2.45) is 0 Å². The van der Waals surface area contributed by atoms with Crippen LogP contribution in [0.25, 0.3) is 0 Å². The maximum absolute atomic E-state index is 9.23. The molecule has 3 rings (SSSR count). The Kier molecular flexibility index (Phi) is 2.27. The van der Waals surface area contributed by atoms with Crippen LogP contribution in [0.3, 0.4) is 0 Å². The maximum Gasteiger partial charge on any atom is 0.180 e. The number of rotatable bonds is 1. The van der Waals surface area contributed by atoms with Crippen molar-refractivity contribution >= 4 is 0 Å². The van der Waals surface area contributed by atoms with Crippen molar-refractivity contribution < 1.29 is 0 Å². The molecular weight excluding hydrogens is 210 g/mol. The molecule has 17 heavy (non-hydrogen) atoms. The van der Waals surface area contributed by atoms with Gasteiger partial charge in [-0.05, 0) is 22.8 Å². The van der Waals surface area contributed by atoms with Crippen molar-refractivity contribution in [1.82, 2.24) is 9.88 Å². The second-order valence-electron chi connectivity index (χ2n) is 4.12. The minimum atomic E-state index is 0.0409. The Hall–Kier alpha value is -2.34. The van der Waals surface area contributed by atoms with E-state index in [1.165, 1.54) is 5.56 Å². The topological polar surface area (TPSA) is 39.9 Å². The van der Waals surface area contributed by atoms with E-state index in [-0.39, 0.29) is 6.04 Å². The highest BCUT2D eigenvalue weighted by molar-refractivity contribution is 5.40. The molecule has 0 fully saturated rings. The summed E-state index contributed by atoms with van der Waals surface area (Å²) in [5.41, 5.74) is 3.48. The smallest absolute Gasteiger partial charge is 0.180 e. The zero-order valence-corrected chi connectivity index (χ0v) is 9.24. The molecule has 1 aliphatic rings. The van der Waals surface area contributed by atoms with Crippen molar-refractivity contribution in [2.75, 3.05) is 0 Å². The fourth-order valence-electron chi connectivity index (χ4n) is 2.37. The number of nitriles is 1. The molecule has 0 bridgehead atoms. The number of aromatic nitrogens is 1. The van der Waals surface area contributed by atoms with E-state index in [9.17, 15) is 5.26 Å². The second-order valence-corrected chi connectivity index (χ2v) is 4.12. The van der Waals surface area contributed by atoms with E-state index < -0.39 is 0 Å². The molecule has 3 nitrogen and oxygen atoms in total. The number of fused-ring (bicyclic) bond motifs is 1. The van der Waals surface area contributed by atoms with Crippen molar-refractivity contribution in [1.29, 1.82) is 5.26 Å². The summed E-state index contributed by atoms with van der Waals surface area (Å²) in [4.78, 5) is 5.91. The van der Waals surface area contributed by atoms with Gasteiger partial charge in [0.15, 0.2) is 6.19 Å². The molecule has 3 heteroatoms. The van der Waals surface area contributed by atoms with Crippen LogP contribution >= 0.6 is 0 Å². The van der Waals surface area contributed by atoms with Gasteiger partial charge >= 0.3 is 0 Å². The van der Waals surface area contributed by atoms with E-state index in [1.807, 2.05) is 30.5 Å². The van der Waals surface area contributed by atoms with Crippen LogP contribution in [0, 0.1) is 11.5 Å². The lowest BCUT2D eigenvalue weighted by molar-refractivity contribution is 0.362. The standard InChI is InChI=1S/C14H11N3/c15-10-17-9-12-8-16-7-6-13(12)14(17)11-4-2-1-3-5-11/h1-8,14H,9H2. The van der Waals surface area contributed by atoms with Gasteiger partial charge in [-0.3, -0.25) is 9.88 Å². The van der Waals surface area contributed by atoms with Crippen LogP contribution in [-0.4, -0.2) is 9.88 Å². The Balaban J connectivity index is 2.12. The van der Waals surface area contributed by atoms with Crippen LogP contribution in [0.4, 0.5) is 0 Å². The Bertz CT molecular complexity index is 572. The van der Waals surface area contributed by atoms with E-state index >= 15 is 0 Å². The first kappa shape index (κ1) is 9.86. The van der Waals surface area contributed by atoms with Gasteiger partial charge in [0.05, 0.1) is 12.6 Å². The summed E-state index contributed by atoms with van der Waals surface area (Å²) in [5.74, 6) is 0. The molecule has 1 aromatic heterocycles. The molecular formula is C14H11N3. The monoisotopic (exact) mass is 221 g/mol. The van der Waals surface area contributed by atoms with Gasteiger partial charge in [0.2, 0.25) is 0 Å². The van der Waals surface area contributed by atoms with Gasteiger partial charge in [0.25, 0.3) is 0 Å². The van der Waals surface area contributed by atoms with Gasteiger partial charge in [-0.25, -0.2) is 0 Å². The highest BCUT2D eigenvalue weighted by Crippen LogP contribution is 2.37. The molecule has 0 N–H and O–H groups in total. The Morgan fingerprint density at radius 2 is 2.06 bits per heavy atom. The van der Waals surface area contributed by atoms with Crippen LogP contribution in [0.5, 0.6) is 0 Å². The molecule has 0 saturated carbocycles. The van der Waals surface area contributed by atoms with Crippen LogP contribution in [0.2, 0.25) is 0 Å². The molecule has 0 aliphatic carbocycles. The number of nitrogens with zero attached hydrogens (tertiary/aromatic N) is 3. The fourth-order valence-corrected chi connectivity index (χ4v) is 2.37. The number of pyridine rings is 1. The summed E-state index contributed by atoms with van der Waals surface area (Å²) in [7, 11) is 0. The van der Waals surface area contributed by atoms with Crippen LogP contribution < -0.4 is 0 Å². The summed E-state index contributed by atoms with van der Waals surface area (Å²) in [6, 6.07) is 12.2. The van der Waals surface area contributed by atoms with Gasteiger partial charge in [-0.1, -0.05) is 30.3 Å². The molecule has 0 saturated heterocycles. The molecule has 0 radical (unpaired) electrons. The Morgan fingerprint density at radius 3 is 2.82 bits per heavy atom. The molecule has 0 amide bonds. The Morgan fingerprint density at radius 1 is 1.24 bits per heavy atom. The highest BCUT2D eigenvalue weighted by atomic mass is 15.2. The third-order valence-electron chi connectivity index (χ3n) is 3.13. The average molecular weight is 221 g/mol. The largest absolute Gasteiger partial charge is 0.294 e. The van der Waals surface area contributed by atoms with Gasteiger partial charge < -0.3 is 0 Å².